The molecular formula is C15H22F3N3. The highest BCUT2D eigenvalue weighted by Crippen LogP contribution is 2.42. The molecule has 0 radical (unpaired) electrons. The molecule has 2 N–H and O–H groups in total. The largest absolute Gasteiger partial charge is 0.416 e. The molecule has 6 heteroatoms. The first-order valence-electron chi connectivity index (χ1n) is 7.02. The van der Waals surface area contributed by atoms with E-state index in [1.807, 2.05) is 30.9 Å². The summed E-state index contributed by atoms with van der Waals surface area (Å²) in [5, 5.41) is 0. The standard InChI is InChI=1S/C15H22F3N3/c1-20(2)11-4-5-13(15(16,17)18)12(7-11)14-6-10(8-19)9-21(14)3/h4-5,7,10,14H,6,8-9,19H2,1-3H3. The average molecular weight is 301 g/mol. The van der Waals surface area contributed by atoms with Crippen LogP contribution in [0.2, 0.25) is 0 Å². The lowest BCUT2D eigenvalue weighted by Crippen LogP contribution is -2.23. The third kappa shape index (κ3) is 3.32. The van der Waals surface area contributed by atoms with Gasteiger partial charge in [0.05, 0.1) is 5.56 Å². The highest BCUT2D eigenvalue weighted by molar-refractivity contribution is 5.51. The first-order chi connectivity index (χ1) is 9.74. The summed E-state index contributed by atoms with van der Waals surface area (Å²) in [6, 6.07) is 4.13. The fourth-order valence-electron chi connectivity index (χ4n) is 3.00. The van der Waals surface area contributed by atoms with Crippen LogP contribution in [-0.2, 0) is 6.18 Å². The lowest BCUT2D eigenvalue weighted by molar-refractivity contribution is -0.138. The number of halogens is 3. The van der Waals surface area contributed by atoms with Crippen LogP contribution in [-0.4, -0.2) is 39.1 Å². The van der Waals surface area contributed by atoms with Crippen LogP contribution in [0.5, 0.6) is 0 Å². The summed E-state index contributed by atoms with van der Waals surface area (Å²) >= 11 is 0. The molecule has 1 fully saturated rings. The molecule has 0 aromatic heterocycles. The van der Waals surface area contributed by atoms with Crippen LogP contribution >= 0.6 is 0 Å². The number of benzene rings is 1. The normalized spacial score (nSPS) is 23.6. The highest BCUT2D eigenvalue weighted by Gasteiger charge is 2.39. The smallest absolute Gasteiger partial charge is 0.378 e. The van der Waals surface area contributed by atoms with Crippen molar-refractivity contribution in [3.8, 4) is 0 Å². The molecule has 0 spiro atoms. The summed E-state index contributed by atoms with van der Waals surface area (Å²) in [5.74, 6) is 0.254. The summed E-state index contributed by atoms with van der Waals surface area (Å²) in [6.45, 7) is 1.25. The van der Waals surface area contributed by atoms with E-state index in [0.29, 0.717) is 18.5 Å². The lowest BCUT2D eigenvalue weighted by Gasteiger charge is -2.25. The lowest BCUT2D eigenvalue weighted by atomic mass is 9.94. The average Bonchev–Trinajstić information content (AvgIpc) is 2.78. The van der Waals surface area contributed by atoms with Gasteiger partial charge >= 0.3 is 6.18 Å². The predicted octanol–water partition coefficient (Wildman–Crippen LogP) is 2.72. The molecule has 0 aliphatic carbocycles. The number of nitrogens with zero attached hydrogens (tertiary/aromatic N) is 2. The Morgan fingerprint density at radius 3 is 2.48 bits per heavy atom. The zero-order valence-electron chi connectivity index (χ0n) is 12.6. The molecule has 1 saturated heterocycles. The number of nitrogens with two attached hydrogens (primary N) is 1. The van der Waals surface area contributed by atoms with Crippen LogP contribution in [0.4, 0.5) is 18.9 Å². The molecule has 2 atom stereocenters. The maximum atomic E-state index is 13.3. The Hall–Kier alpha value is -1.27. The van der Waals surface area contributed by atoms with Gasteiger partial charge in [-0.25, -0.2) is 0 Å². The van der Waals surface area contributed by atoms with E-state index in [4.69, 9.17) is 5.73 Å². The van der Waals surface area contributed by atoms with Crippen LogP contribution in [0.15, 0.2) is 18.2 Å². The van der Waals surface area contributed by atoms with Gasteiger partial charge in [-0.15, -0.1) is 0 Å². The molecule has 0 saturated carbocycles. The molecule has 1 aromatic rings. The quantitative estimate of drug-likeness (QED) is 0.932. The molecule has 21 heavy (non-hydrogen) atoms. The number of hydrogen-bond acceptors (Lipinski definition) is 3. The first-order valence-corrected chi connectivity index (χ1v) is 7.02. The third-order valence-corrected chi connectivity index (χ3v) is 4.18. The molecule has 1 aliphatic rings. The van der Waals surface area contributed by atoms with Gasteiger partial charge in [-0.1, -0.05) is 0 Å². The van der Waals surface area contributed by atoms with Crippen molar-refractivity contribution in [1.82, 2.24) is 4.90 Å². The van der Waals surface area contributed by atoms with Crippen molar-refractivity contribution >= 4 is 5.69 Å². The molecule has 2 unspecified atom stereocenters. The fourth-order valence-corrected chi connectivity index (χ4v) is 3.00. The van der Waals surface area contributed by atoms with Crippen molar-refractivity contribution in [2.24, 2.45) is 11.7 Å². The summed E-state index contributed by atoms with van der Waals surface area (Å²) < 4.78 is 39.9. The molecule has 0 amide bonds. The van der Waals surface area contributed by atoms with Crippen molar-refractivity contribution in [3.05, 3.63) is 29.3 Å². The maximum absolute atomic E-state index is 13.3. The molecule has 2 rings (SSSR count). The highest BCUT2D eigenvalue weighted by atomic mass is 19.4. The molecule has 1 aromatic carbocycles. The summed E-state index contributed by atoms with van der Waals surface area (Å²) in [6.07, 6.45) is -3.66. The van der Waals surface area contributed by atoms with Gasteiger partial charge in [0.15, 0.2) is 0 Å². The second kappa shape index (κ2) is 5.85. The molecule has 1 aliphatic heterocycles. The zero-order chi connectivity index (χ0) is 15.8. The van der Waals surface area contributed by atoms with E-state index in [1.54, 1.807) is 6.07 Å². The van der Waals surface area contributed by atoms with E-state index >= 15 is 0 Å². The van der Waals surface area contributed by atoms with E-state index in [9.17, 15) is 13.2 Å². The Kier molecular flexibility index (Phi) is 4.49. The SMILES string of the molecule is CN(C)c1ccc(C(F)(F)F)c(C2CC(CN)CN2C)c1. The summed E-state index contributed by atoms with van der Waals surface area (Å²) in [4.78, 5) is 3.79. The molecule has 118 valence electrons. The molecule has 0 bridgehead atoms. The zero-order valence-corrected chi connectivity index (χ0v) is 12.6. The minimum Gasteiger partial charge on any atom is -0.378 e. The first kappa shape index (κ1) is 16.1. The maximum Gasteiger partial charge on any atom is 0.416 e. The van der Waals surface area contributed by atoms with Gasteiger partial charge in [-0.3, -0.25) is 4.90 Å². The second-order valence-electron chi connectivity index (χ2n) is 5.96. The summed E-state index contributed by atoms with van der Waals surface area (Å²) in [5.41, 5.74) is 6.28. The molecular weight excluding hydrogens is 279 g/mol. The van der Waals surface area contributed by atoms with Gasteiger partial charge in [-0.05, 0) is 49.7 Å². The number of alkyl halides is 3. The van der Waals surface area contributed by atoms with Crippen molar-refractivity contribution in [3.63, 3.8) is 0 Å². The van der Waals surface area contributed by atoms with Gasteiger partial charge < -0.3 is 10.6 Å². The molecule has 3 nitrogen and oxygen atoms in total. The Bertz CT molecular complexity index is 499. The minimum atomic E-state index is -4.33. The van der Waals surface area contributed by atoms with Crippen LogP contribution in [0.1, 0.15) is 23.6 Å². The Morgan fingerprint density at radius 2 is 2.00 bits per heavy atom. The molecule has 1 heterocycles. The van der Waals surface area contributed by atoms with Crippen molar-refractivity contribution in [2.45, 2.75) is 18.6 Å². The third-order valence-electron chi connectivity index (χ3n) is 4.18. The van der Waals surface area contributed by atoms with Gasteiger partial charge in [0.1, 0.15) is 0 Å². The van der Waals surface area contributed by atoms with Crippen LogP contribution in [0.3, 0.4) is 0 Å². The minimum absolute atomic E-state index is 0.227. The Balaban J connectivity index is 2.46. The van der Waals surface area contributed by atoms with E-state index in [2.05, 4.69) is 0 Å². The Morgan fingerprint density at radius 1 is 1.33 bits per heavy atom. The van der Waals surface area contributed by atoms with E-state index in [-0.39, 0.29) is 12.0 Å². The topological polar surface area (TPSA) is 32.5 Å². The van der Waals surface area contributed by atoms with Crippen LogP contribution in [0.25, 0.3) is 0 Å². The predicted molar refractivity (Wildman–Crippen MR) is 78.3 cm³/mol. The van der Waals surface area contributed by atoms with Gasteiger partial charge in [0, 0.05) is 32.4 Å². The number of hydrogen-bond donors (Lipinski definition) is 1. The number of rotatable bonds is 3. The van der Waals surface area contributed by atoms with Gasteiger partial charge in [0.2, 0.25) is 0 Å². The van der Waals surface area contributed by atoms with Crippen LogP contribution < -0.4 is 10.6 Å². The second-order valence-corrected chi connectivity index (χ2v) is 5.96. The van der Waals surface area contributed by atoms with E-state index in [0.717, 1.165) is 12.2 Å². The van der Waals surface area contributed by atoms with Crippen molar-refractivity contribution in [1.29, 1.82) is 0 Å². The van der Waals surface area contributed by atoms with Crippen molar-refractivity contribution in [2.75, 3.05) is 39.1 Å². The Labute approximate surface area is 123 Å². The summed E-state index contributed by atoms with van der Waals surface area (Å²) in [7, 11) is 5.52. The fraction of sp³-hybridized carbons (Fsp3) is 0.600. The number of likely N-dealkylation sites (tertiary alicyclic amines) is 1. The van der Waals surface area contributed by atoms with E-state index in [1.165, 1.54) is 12.1 Å². The van der Waals surface area contributed by atoms with Crippen molar-refractivity contribution < 1.29 is 13.2 Å². The van der Waals surface area contributed by atoms with Gasteiger partial charge in [-0.2, -0.15) is 13.2 Å². The van der Waals surface area contributed by atoms with Gasteiger partial charge in [0.25, 0.3) is 0 Å². The van der Waals surface area contributed by atoms with E-state index < -0.39 is 11.7 Å². The monoisotopic (exact) mass is 301 g/mol. The van der Waals surface area contributed by atoms with Crippen LogP contribution in [0, 0.1) is 5.92 Å². The number of anilines is 1.